The van der Waals surface area contributed by atoms with Crippen LogP contribution in [-0.4, -0.2) is 21.9 Å². The highest BCUT2D eigenvalue weighted by Gasteiger charge is 2.54. The summed E-state index contributed by atoms with van der Waals surface area (Å²) in [7, 11) is 0. The average Bonchev–Trinajstić information content (AvgIpc) is 3.38. The SMILES string of the molecule is CC.CC.CC.CC.CC(C)CCCC(C)(CCCC(C)(C)O)[C@H]1CCC2/C(=C/C=C3/CCC[C@H](O)C3)CCC[C@@]21C.CCC. The van der Waals surface area contributed by atoms with Gasteiger partial charge < -0.3 is 10.2 Å². The van der Waals surface area contributed by atoms with Crippen molar-refractivity contribution in [3.8, 4) is 0 Å². The average molecular weight is 637 g/mol. The van der Waals surface area contributed by atoms with Gasteiger partial charge in [0.05, 0.1) is 11.7 Å². The molecule has 0 radical (unpaired) electrons. The first-order chi connectivity index (χ1) is 21.3. The summed E-state index contributed by atoms with van der Waals surface area (Å²) in [5.74, 6) is 2.30. The summed E-state index contributed by atoms with van der Waals surface area (Å²) in [6.07, 6.45) is 24.2. The number of hydrogen-bond acceptors (Lipinski definition) is 2. The van der Waals surface area contributed by atoms with Crippen molar-refractivity contribution in [1.29, 1.82) is 0 Å². The van der Waals surface area contributed by atoms with Crippen molar-refractivity contribution in [2.75, 3.05) is 0 Å². The summed E-state index contributed by atoms with van der Waals surface area (Å²) in [5, 5.41) is 20.4. The predicted octanol–water partition coefficient (Wildman–Crippen LogP) is 14.3. The van der Waals surface area contributed by atoms with Gasteiger partial charge in [0.2, 0.25) is 0 Å². The second-order valence-electron chi connectivity index (χ2n) is 14.7. The van der Waals surface area contributed by atoms with Gasteiger partial charge in [-0.2, -0.15) is 0 Å². The minimum absolute atomic E-state index is 0.124. The number of aliphatic hydroxyl groups excluding tert-OH is 1. The van der Waals surface area contributed by atoms with Crippen molar-refractivity contribution < 1.29 is 10.2 Å². The van der Waals surface area contributed by atoms with E-state index in [1.54, 1.807) is 5.57 Å². The van der Waals surface area contributed by atoms with E-state index in [1.165, 1.54) is 76.2 Å². The van der Waals surface area contributed by atoms with Gasteiger partial charge in [-0.05, 0) is 119 Å². The van der Waals surface area contributed by atoms with E-state index >= 15 is 0 Å². The maximum absolute atomic E-state index is 10.4. The van der Waals surface area contributed by atoms with Gasteiger partial charge in [0.15, 0.2) is 0 Å². The van der Waals surface area contributed by atoms with Crippen molar-refractivity contribution in [3.63, 3.8) is 0 Å². The summed E-state index contributed by atoms with van der Waals surface area (Å²) in [4.78, 5) is 0. The number of fused-ring (bicyclic) bond motifs is 1. The first-order valence-corrected chi connectivity index (χ1v) is 20.1. The van der Waals surface area contributed by atoms with E-state index in [-0.39, 0.29) is 6.10 Å². The lowest BCUT2D eigenvalue weighted by Gasteiger charge is -2.50. The van der Waals surface area contributed by atoms with Gasteiger partial charge in [0, 0.05) is 0 Å². The molecule has 0 saturated heterocycles. The molecule has 0 aromatic carbocycles. The third-order valence-electron chi connectivity index (χ3n) is 9.94. The Morgan fingerprint density at radius 3 is 1.87 bits per heavy atom. The molecule has 3 aliphatic rings. The van der Waals surface area contributed by atoms with Crippen LogP contribution >= 0.6 is 0 Å². The molecule has 2 heteroatoms. The topological polar surface area (TPSA) is 40.5 Å². The summed E-state index contributed by atoms with van der Waals surface area (Å²) in [5.41, 5.74) is 3.39. The Morgan fingerprint density at radius 1 is 0.800 bits per heavy atom. The van der Waals surface area contributed by atoms with Crippen LogP contribution in [0.2, 0.25) is 0 Å². The predicted molar refractivity (Wildman–Crippen MR) is 207 cm³/mol. The molecule has 3 fully saturated rings. The second-order valence-corrected chi connectivity index (χ2v) is 14.7. The van der Waals surface area contributed by atoms with Crippen molar-refractivity contribution in [1.82, 2.24) is 0 Å². The van der Waals surface area contributed by atoms with Crippen LogP contribution in [0.15, 0.2) is 23.3 Å². The molecular formula is C43H88O2. The summed E-state index contributed by atoms with van der Waals surface area (Å²) in [6.45, 7) is 34.1. The molecule has 45 heavy (non-hydrogen) atoms. The Balaban J connectivity index is -0.00000143. The van der Waals surface area contributed by atoms with E-state index in [0.717, 1.165) is 49.9 Å². The van der Waals surface area contributed by atoms with E-state index in [9.17, 15) is 10.2 Å². The Hall–Kier alpha value is -0.600. The highest BCUT2D eigenvalue weighted by molar-refractivity contribution is 5.26. The second kappa shape index (κ2) is 27.4. The highest BCUT2D eigenvalue weighted by atomic mass is 16.3. The molecule has 2 N–H and O–H groups in total. The Kier molecular flexibility index (Phi) is 29.7. The minimum atomic E-state index is -0.554. The third kappa shape index (κ3) is 18.5. The molecule has 3 aliphatic carbocycles. The van der Waals surface area contributed by atoms with E-state index in [2.05, 4.69) is 53.7 Å². The third-order valence-corrected chi connectivity index (χ3v) is 9.94. The maximum atomic E-state index is 10.4. The molecule has 0 amide bonds. The number of hydrogen-bond donors (Lipinski definition) is 2. The lowest BCUT2D eigenvalue weighted by atomic mass is 9.55. The molecule has 272 valence electrons. The summed E-state index contributed by atoms with van der Waals surface area (Å²) >= 11 is 0. The molecule has 2 nitrogen and oxygen atoms in total. The number of allylic oxidation sites excluding steroid dienone is 3. The zero-order valence-corrected chi connectivity index (χ0v) is 34.2. The zero-order valence-electron chi connectivity index (χ0n) is 34.2. The van der Waals surface area contributed by atoms with Crippen LogP contribution in [0.3, 0.4) is 0 Å². The fraction of sp³-hybridized carbons (Fsp3) is 0.907. The van der Waals surface area contributed by atoms with Crippen LogP contribution in [0, 0.1) is 28.6 Å². The number of rotatable bonds is 10. The fourth-order valence-electron chi connectivity index (χ4n) is 8.14. The lowest BCUT2D eigenvalue weighted by molar-refractivity contribution is 0.0111. The van der Waals surface area contributed by atoms with Crippen molar-refractivity contribution in [2.45, 2.75) is 225 Å². The summed E-state index contributed by atoms with van der Waals surface area (Å²) < 4.78 is 0. The van der Waals surface area contributed by atoms with Gasteiger partial charge in [-0.15, -0.1) is 0 Å². The molecule has 3 rings (SSSR count). The Labute approximate surface area is 286 Å². The van der Waals surface area contributed by atoms with Gasteiger partial charge in [0.25, 0.3) is 0 Å². The smallest absolute Gasteiger partial charge is 0.0591 e. The molecule has 2 unspecified atom stereocenters. The normalized spacial score (nSPS) is 27.0. The van der Waals surface area contributed by atoms with Crippen LogP contribution in [0.1, 0.15) is 214 Å². The van der Waals surface area contributed by atoms with Gasteiger partial charge in [-0.1, -0.05) is 146 Å². The van der Waals surface area contributed by atoms with Gasteiger partial charge >= 0.3 is 0 Å². The molecule has 0 spiro atoms. The molecule has 0 bridgehead atoms. The van der Waals surface area contributed by atoms with E-state index < -0.39 is 5.60 Å². The number of aliphatic hydroxyl groups is 2. The van der Waals surface area contributed by atoms with Crippen LogP contribution in [0.5, 0.6) is 0 Å². The summed E-state index contributed by atoms with van der Waals surface area (Å²) in [6, 6.07) is 0. The lowest BCUT2D eigenvalue weighted by Crippen LogP contribution is -2.41. The van der Waals surface area contributed by atoms with Crippen LogP contribution in [-0.2, 0) is 0 Å². The Morgan fingerprint density at radius 2 is 1.36 bits per heavy atom. The molecule has 5 atom stereocenters. The molecule has 0 aromatic heterocycles. The minimum Gasteiger partial charge on any atom is -0.393 e. The van der Waals surface area contributed by atoms with Crippen LogP contribution in [0.4, 0.5) is 0 Å². The van der Waals surface area contributed by atoms with E-state index in [4.69, 9.17) is 0 Å². The van der Waals surface area contributed by atoms with Crippen molar-refractivity contribution >= 4 is 0 Å². The highest BCUT2D eigenvalue weighted by Crippen LogP contribution is 2.64. The van der Waals surface area contributed by atoms with Crippen molar-refractivity contribution in [2.24, 2.45) is 28.6 Å². The first-order valence-electron chi connectivity index (χ1n) is 20.1. The molecular weight excluding hydrogens is 548 g/mol. The maximum Gasteiger partial charge on any atom is 0.0591 e. The first kappa shape index (κ1) is 48.8. The molecule has 3 saturated carbocycles. The van der Waals surface area contributed by atoms with E-state index in [1.807, 2.05) is 69.2 Å². The zero-order chi connectivity index (χ0) is 35.7. The van der Waals surface area contributed by atoms with E-state index in [0.29, 0.717) is 10.8 Å². The standard InChI is InChI=1S/C32H56O2.C3H8.4C2H6/c1-24(2)11-8-20-31(5,21-10-19-30(3,4)34)29-18-17-28-26(13-9-22-32(28,29)6)16-15-25-12-7-14-27(33)23-25;1-3-2;4*1-2/h15-16,24,27-29,33-34H,7-14,17-23H2,1-6H3;3H2,1-2H3;4*1-2H3/b25-15-,26-16+;;;;;/t27-,28?,29+,31?,32-;;;;;/m0...../s1. The Bertz CT molecular complexity index is 727. The monoisotopic (exact) mass is 637 g/mol. The quantitative estimate of drug-likeness (QED) is 0.250. The van der Waals surface area contributed by atoms with Crippen LogP contribution < -0.4 is 0 Å². The largest absolute Gasteiger partial charge is 0.393 e. The van der Waals surface area contributed by atoms with Gasteiger partial charge in [-0.3, -0.25) is 0 Å². The van der Waals surface area contributed by atoms with Gasteiger partial charge in [0.1, 0.15) is 0 Å². The molecule has 0 aromatic rings. The molecule has 0 heterocycles. The molecule has 0 aliphatic heterocycles. The van der Waals surface area contributed by atoms with Gasteiger partial charge in [-0.25, -0.2) is 0 Å². The fourth-order valence-corrected chi connectivity index (χ4v) is 8.14. The van der Waals surface area contributed by atoms with Crippen LogP contribution in [0.25, 0.3) is 0 Å². The van der Waals surface area contributed by atoms with Crippen molar-refractivity contribution in [3.05, 3.63) is 23.3 Å².